The highest BCUT2D eigenvalue weighted by Gasteiger charge is 2.46. The van der Waals surface area contributed by atoms with Gasteiger partial charge in [0.15, 0.2) is 0 Å². The predicted octanol–water partition coefficient (Wildman–Crippen LogP) is 4.89. The molecular formula is C18H16Cl2FNO. The summed E-state index contributed by atoms with van der Waals surface area (Å²) < 4.78 is 13.8. The topological polar surface area (TPSA) is 20.3 Å². The van der Waals surface area contributed by atoms with Crippen LogP contribution in [0, 0.1) is 11.7 Å². The molecule has 0 N–H and O–H groups in total. The number of carbonyl (C=O) groups is 1. The van der Waals surface area contributed by atoms with Gasteiger partial charge in [-0.1, -0.05) is 47.5 Å². The Morgan fingerprint density at radius 2 is 1.87 bits per heavy atom. The summed E-state index contributed by atoms with van der Waals surface area (Å²) in [6.07, 6.45) is 0.776. The first-order valence-electron chi connectivity index (χ1n) is 7.41. The van der Waals surface area contributed by atoms with Gasteiger partial charge in [0.25, 0.3) is 0 Å². The fourth-order valence-electron chi connectivity index (χ4n) is 2.87. The van der Waals surface area contributed by atoms with Gasteiger partial charge in [-0.15, -0.1) is 0 Å². The van der Waals surface area contributed by atoms with E-state index in [9.17, 15) is 9.18 Å². The third kappa shape index (κ3) is 3.36. The molecule has 0 heterocycles. The fourth-order valence-corrected chi connectivity index (χ4v) is 3.37. The molecule has 2 nitrogen and oxygen atoms in total. The summed E-state index contributed by atoms with van der Waals surface area (Å²) in [6.45, 7) is 0.163. The molecule has 3 rings (SSSR count). The molecule has 1 fully saturated rings. The zero-order valence-corrected chi connectivity index (χ0v) is 14.1. The van der Waals surface area contributed by atoms with Gasteiger partial charge in [0.2, 0.25) is 5.91 Å². The number of benzene rings is 2. The van der Waals surface area contributed by atoms with Crippen molar-refractivity contribution in [2.24, 2.45) is 5.92 Å². The monoisotopic (exact) mass is 351 g/mol. The van der Waals surface area contributed by atoms with E-state index in [0.717, 1.165) is 12.0 Å². The Morgan fingerprint density at radius 1 is 1.17 bits per heavy atom. The van der Waals surface area contributed by atoms with E-state index < -0.39 is 5.82 Å². The van der Waals surface area contributed by atoms with Crippen LogP contribution in [0.25, 0.3) is 0 Å². The number of nitrogens with zero attached hydrogens (tertiary/aromatic N) is 1. The van der Waals surface area contributed by atoms with Gasteiger partial charge in [-0.25, -0.2) is 4.39 Å². The van der Waals surface area contributed by atoms with Gasteiger partial charge in [0.1, 0.15) is 5.82 Å². The van der Waals surface area contributed by atoms with Crippen LogP contribution in [-0.4, -0.2) is 17.9 Å². The summed E-state index contributed by atoms with van der Waals surface area (Å²) in [5.74, 6) is -0.343. The van der Waals surface area contributed by atoms with Crippen LogP contribution in [0.2, 0.25) is 10.0 Å². The van der Waals surface area contributed by atoms with Crippen LogP contribution in [-0.2, 0) is 11.3 Å². The molecule has 1 aliphatic rings. The van der Waals surface area contributed by atoms with Crippen LogP contribution in [0.3, 0.4) is 0 Å². The van der Waals surface area contributed by atoms with Crippen LogP contribution >= 0.6 is 23.2 Å². The molecule has 1 amide bonds. The Balaban J connectivity index is 1.69. The van der Waals surface area contributed by atoms with Crippen molar-refractivity contribution in [2.75, 3.05) is 7.05 Å². The zero-order chi connectivity index (χ0) is 16.6. The molecule has 0 saturated heterocycles. The van der Waals surface area contributed by atoms with Crippen molar-refractivity contribution in [3.8, 4) is 0 Å². The highest BCUT2D eigenvalue weighted by molar-refractivity contribution is 6.31. The van der Waals surface area contributed by atoms with Crippen molar-refractivity contribution in [1.82, 2.24) is 4.90 Å². The van der Waals surface area contributed by atoms with Crippen molar-refractivity contribution in [1.29, 1.82) is 0 Å². The molecule has 2 unspecified atom stereocenters. The molecule has 0 radical (unpaired) electrons. The van der Waals surface area contributed by atoms with E-state index in [-0.39, 0.29) is 24.3 Å². The van der Waals surface area contributed by atoms with E-state index in [1.54, 1.807) is 19.2 Å². The minimum absolute atomic E-state index is 0.00533. The molecule has 1 saturated carbocycles. The average Bonchev–Trinajstić information content (AvgIpc) is 3.31. The molecule has 23 heavy (non-hydrogen) atoms. The molecule has 1 aliphatic carbocycles. The van der Waals surface area contributed by atoms with Crippen molar-refractivity contribution in [3.05, 3.63) is 69.5 Å². The second-order valence-corrected chi connectivity index (χ2v) is 6.68. The van der Waals surface area contributed by atoms with Gasteiger partial charge in [-0.05, 0) is 36.1 Å². The largest absolute Gasteiger partial charge is 0.341 e. The third-order valence-corrected chi connectivity index (χ3v) is 4.94. The van der Waals surface area contributed by atoms with E-state index >= 15 is 0 Å². The van der Waals surface area contributed by atoms with Crippen LogP contribution in [0.15, 0.2) is 42.5 Å². The second-order valence-electron chi connectivity index (χ2n) is 5.86. The molecule has 120 valence electrons. The zero-order valence-electron chi connectivity index (χ0n) is 12.6. The van der Waals surface area contributed by atoms with Crippen LogP contribution < -0.4 is 0 Å². The lowest BCUT2D eigenvalue weighted by Gasteiger charge is -2.18. The van der Waals surface area contributed by atoms with E-state index in [0.29, 0.717) is 15.6 Å². The van der Waals surface area contributed by atoms with Crippen LogP contribution in [0.5, 0.6) is 0 Å². The first kappa shape index (κ1) is 16.3. The smallest absolute Gasteiger partial charge is 0.226 e. The lowest BCUT2D eigenvalue weighted by Crippen LogP contribution is -2.28. The van der Waals surface area contributed by atoms with E-state index in [4.69, 9.17) is 23.2 Å². The Hall–Kier alpha value is -1.58. The molecule has 2 aromatic rings. The van der Waals surface area contributed by atoms with Crippen molar-refractivity contribution < 1.29 is 9.18 Å². The Kier molecular flexibility index (Phi) is 4.60. The number of carbonyl (C=O) groups excluding carboxylic acids is 1. The summed E-state index contributed by atoms with van der Waals surface area (Å²) in [6, 6.07) is 12.1. The lowest BCUT2D eigenvalue weighted by molar-refractivity contribution is -0.131. The molecule has 2 atom stereocenters. The van der Waals surface area contributed by atoms with Gasteiger partial charge < -0.3 is 4.90 Å². The molecule has 0 aromatic heterocycles. The summed E-state index contributed by atoms with van der Waals surface area (Å²) in [4.78, 5) is 14.1. The van der Waals surface area contributed by atoms with Crippen molar-refractivity contribution in [2.45, 2.75) is 18.9 Å². The van der Waals surface area contributed by atoms with Gasteiger partial charge in [0.05, 0.1) is 0 Å². The standard InChI is InChI=1S/C18H16Cl2FNO/c1-22(10-14-16(20)7-4-8-17(14)21)18(23)13-9-12(13)11-5-2-3-6-15(11)19/h2-8,12-13H,9-10H2,1H3. The fraction of sp³-hybridized carbons (Fsp3) is 0.278. The molecular weight excluding hydrogens is 336 g/mol. The quantitative estimate of drug-likeness (QED) is 0.767. The van der Waals surface area contributed by atoms with Crippen LogP contribution in [0.4, 0.5) is 4.39 Å². The van der Waals surface area contributed by atoms with Gasteiger partial charge in [0, 0.05) is 35.1 Å². The summed E-state index contributed by atoms with van der Waals surface area (Å²) in [5.41, 5.74) is 1.35. The van der Waals surface area contributed by atoms with Crippen molar-refractivity contribution >= 4 is 29.1 Å². The van der Waals surface area contributed by atoms with E-state index in [1.165, 1.54) is 11.0 Å². The SMILES string of the molecule is CN(Cc1c(F)cccc1Cl)C(=O)C1CC1c1ccccc1Cl. The molecule has 0 bridgehead atoms. The minimum atomic E-state index is -0.393. The Labute approximate surface area is 144 Å². The number of rotatable bonds is 4. The number of hydrogen-bond acceptors (Lipinski definition) is 1. The molecule has 5 heteroatoms. The number of halogens is 3. The summed E-state index contributed by atoms with van der Waals surface area (Å²) in [7, 11) is 1.67. The number of hydrogen-bond donors (Lipinski definition) is 0. The maximum absolute atomic E-state index is 13.8. The van der Waals surface area contributed by atoms with Gasteiger partial charge >= 0.3 is 0 Å². The maximum atomic E-state index is 13.8. The molecule has 0 aliphatic heterocycles. The summed E-state index contributed by atoms with van der Waals surface area (Å²) in [5, 5.41) is 1.02. The first-order chi connectivity index (χ1) is 11.0. The highest BCUT2D eigenvalue weighted by atomic mass is 35.5. The van der Waals surface area contributed by atoms with Gasteiger partial charge in [-0.3, -0.25) is 4.79 Å². The van der Waals surface area contributed by atoms with Crippen molar-refractivity contribution in [3.63, 3.8) is 0 Å². The lowest BCUT2D eigenvalue weighted by atomic mass is 10.1. The minimum Gasteiger partial charge on any atom is -0.341 e. The Bertz CT molecular complexity index is 729. The number of amides is 1. The summed E-state index contributed by atoms with van der Waals surface area (Å²) >= 11 is 12.2. The highest BCUT2D eigenvalue weighted by Crippen LogP contribution is 2.50. The molecule has 0 spiro atoms. The van der Waals surface area contributed by atoms with Crippen LogP contribution in [0.1, 0.15) is 23.5 Å². The van der Waals surface area contributed by atoms with E-state index in [1.807, 2.05) is 24.3 Å². The second kappa shape index (κ2) is 6.50. The first-order valence-corrected chi connectivity index (χ1v) is 8.17. The average molecular weight is 352 g/mol. The van der Waals surface area contributed by atoms with E-state index in [2.05, 4.69) is 0 Å². The molecule has 2 aromatic carbocycles. The normalized spacial score (nSPS) is 19.5. The third-order valence-electron chi connectivity index (χ3n) is 4.25. The maximum Gasteiger partial charge on any atom is 0.226 e. The Morgan fingerprint density at radius 3 is 2.57 bits per heavy atom. The van der Waals surface area contributed by atoms with Gasteiger partial charge in [-0.2, -0.15) is 0 Å². The predicted molar refractivity (Wildman–Crippen MR) is 90.2 cm³/mol.